The normalized spacial score (nSPS) is 19.8. The van der Waals surface area contributed by atoms with E-state index in [2.05, 4.69) is 46.4 Å². The Bertz CT molecular complexity index is 1420. The molecule has 1 fully saturated rings. The van der Waals surface area contributed by atoms with Crippen molar-refractivity contribution in [3.05, 3.63) is 83.7 Å². The summed E-state index contributed by atoms with van der Waals surface area (Å²) in [5.74, 6) is 1.94. The van der Waals surface area contributed by atoms with E-state index in [0.29, 0.717) is 26.2 Å². The number of nitrogens with zero attached hydrogens (tertiary/aromatic N) is 3. The number of benzene rings is 3. The molecule has 3 heterocycles. The number of aromatic amines is 1. The van der Waals surface area contributed by atoms with Gasteiger partial charge in [-0.2, -0.15) is 0 Å². The topological polar surface area (TPSA) is 81.7 Å². The summed E-state index contributed by atoms with van der Waals surface area (Å²) < 4.78 is 6.06. The van der Waals surface area contributed by atoms with Gasteiger partial charge in [-0.05, 0) is 66.6 Å². The number of rotatable bonds is 3. The van der Waals surface area contributed by atoms with E-state index in [-0.39, 0.29) is 24.6 Å². The highest BCUT2D eigenvalue weighted by Gasteiger charge is 2.35. The predicted octanol–water partition coefficient (Wildman–Crippen LogP) is 5.30. The lowest BCUT2D eigenvalue weighted by Crippen LogP contribution is -2.48. The van der Waals surface area contributed by atoms with Crippen LogP contribution in [0.4, 0.5) is 4.79 Å². The maximum atomic E-state index is 13.9. The van der Waals surface area contributed by atoms with Gasteiger partial charge in [-0.3, -0.25) is 0 Å². The minimum Gasteiger partial charge on any atom is -0.491 e. The summed E-state index contributed by atoms with van der Waals surface area (Å²) >= 11 is 0. The molecular formula is C30H32N4O3. The summed E-state index contributed by atoms with van der Waals surface area (Å²) in [6.45, 7) is 4.24. The number of fused-ring (bicyclic) bond motifs is 2. The van der Waals surface area contributed by atoms with Gasteiger partial charge >= 0.3 is 6.03 Å². The van der Waals surface area contributed by atoms with Gasteiger partial charge in [0, 0.05) is 18.7 Å². The van der Waals surface area contributed by atoms with E-state index in [9.17, 15) is 9.90 Å². The standard InChI is InChI=1S/C30H32N4O3/c1-20-31-26-9-7-24(17-27(26)32-20)23-8-10-29-25(16-23)18-33(13-14-37-29)30(36)34-12-11-21(19-35)15-28(34)22-5-3-2-4-6-22/h2-10,16-17,21,28,35H,11-15,18-19H2,1H3,(H,31,32)/t21?,28-/m1/s1. The highest BCUT2D eigenvalue weighted by Crippen LogP contribution is 2.36. The summed E-state index contributed by atoms with van der Waals surface area (Å²) in [5, 5.41) is 9.82. The zero-order chi connectivity index (χ0) is 25.4. The fourth-order valence-electron chi connectivity index (χ4n) is 5.66. The molecule has 2 atom stereocenters. The fraction of sp³-hybridized carbons (Fsp3) is 0.333. The van der Waals surface area contributed by atoms with E-state index < -0.39 is 0 Å². The smallest absolute Gasteiger partial charge is 0.320 e. The lowest BCUT2D eigenvalue weighted by atomic mass is 9.87. The molecule has 2 aliphatic heterocycles. The number of amides is 2. The third-order valence-corrected chi connectivity index (χ3v) is 7.64. The molecule has 0 spiro atoms. The first-order chi connectivity index (χ1) is 18.1. The number of carbonyl (C=O) groups excluding carboxylic acids is 1. The van der Waals surface area contributed by atoms with Crippen LogP contribution in [0.3, 0.4) is 0 Å². The Kier molecular flexibility index (Phi) is 6.30. The Labute approximate surface area is 216 Å². The second-order valence-corrected chi connectivity index (χ2v) is 10.1. The van der Waals surface area contributed by atoms with E-state index in [0.717, 1.165) is 57.7 Å². The summed E-state index contributed by atoms with van der Waals surface area (Å²) in [6.07, 6.45) is 1.58. The van der Waals surface area contributed by atoms with E-state index in [1.807, 2.05) is 47.1 Å². The number of aryl methyl sites for hydroxylation is 1. The summed E-state index contributed by atoms with van der Waals surface area (Å²) in [5.41, 5.74) is 6.26. The Morgan fingerprint density at radius 1 is 1.08 bits per heavy atom. The SMILES string of the molecule is Cc1nc2ccc(-c3ccc4c(c3)CN(C(=O)N3CCC(CO)C[C@@H]3c3ccccc3)CCO4)cc2[nH]1. The molecule has 0 saturated carbocycles. The summed E-state index contributed by atoms with van der Waals surface area (Å²) in [4.78, 5) is 25.6. The van der Waals surface area contributed by atoms with E-state index in [1.54, 1.807) is 0 Å². The van der Waals surface area contributed by atoms with Crippen molar-refractivity contribution in [3.63, 3.8) is 0 Å². The van der Waals surface area contributed by atoms with Gasteiger partial charge < -0.3 is 24.6 Å². The lowest BCUT2D eigenvalue weighted by molar-refractivity contribution is 0.0760. The van der Waals surface area contributed by atoms with Gasteiger partial charge in [-0.15, -0.1) is 0 Å². The van der Waals surface area contributed by atoms with Crippen LogP contribution in [0.25, 0.3) is 22.2 Å². The Morgan fingerprint density at radius 2 is 1.89 bits per heavy atom. The van der Waals surface area contributed by atoms with Crippen molar-refractivity contribution in [3.8, 4) is 16.9 Å². The van der Waals surface area contributed by atoms with E-state index >= 15 is 0 Å². The van der Waals surface area contributed by atoms with Crippen LogP contribution in [0.1, 0.15) is 35.8 Å². The van der Waals surface area contributed by atoms with Gasteiger partial charge in [-0.1, -0.05) is 42.5 Å². The molecule has 7 heteroatoms. The minimum absolute atomic E-state index is 0.0291. The number of hydrogen-bond acceptors (Lipinski definition) is 4. The maximum Gasteiger partial charge on any atom is 0.320 e. The molecule has 2 amide bonds. The molecule has 4 aromatic rings. The van der Waals surface area contributed by atoms with Crippen LogP contribution in [-0.2, 0) is 6.54 Å². The molecule has 1 unspecified atom stereocenters. The Morgan fingerprint density at radius 3 is 2.73 bits per heavy atom. The number of ether oxygens (including phenoxy) is 1. The van der Waals surface area contributed by atoms with Crippen molar-refractivity contribution < 1.29 is 14.6 Å². The number of carbonyl (C=O) groups is 1. The van der Waals surface area contributed by atoms with Crippen molar-refractivity contribution in [2.75, 3.05) is 26.3 Å². The van der Waals surface area contributed by atoms with E-state index in [4.69, 9.17) is 4.74 Å². The molecule has 2 aliphatic rings. The molecule has 37 heavy (non-hydrogen) atoms. The van der Waals surface area contributed by atoms with Crippen LogP contribution in [0.15, 0.2) is 66.7 Å². The third-order valence-electron chi connectivity index (χ3n) is 7.64. The van der Waals surface area contributed by atoms with Gasteiger partial charge in [0.15, 0.2) is 0 Å². The summed E-state index contributed by atoms with van der Waals surface area (Å²) in [6, 6.07) is 22.6. The molecule has 6 rings (SSSR count). The van der Waals surface area contributed by atoms with Gasteiger partial charge in [0.2, 0.25) is 0 Å². The van der Waals surface area contributed by atoms with Gasteiger partial charge in [-0.25, -0.2) is 9.78 Å². The average molecular weight is 497 g/mol. The number of nitrogens with one attached hydrogen (secondary N) is 1. The molecule has 7 nitrogen and oxygen atoms in total. The number of aromatic nitrogens is 2. The highest BCUT2D eigenvalue weighted by atomic mass is 16.5. The van der Waals surface area contributed by atoms with Crippen LogP contribution in [0, 0.1) is 12.8 Å². The number of aliphatic hydroxyl groups is 1. The molecule has 0 bridgehead atoms. The molecule has 0 radical (unpaired) electrons. The van der Waals surface area contributed by atoms with Crippen LogP contribution in [0.2, 0.25) is 0 Å². The van der Waals surface area contributed by atoms with Crippen LogP contribution in [0.5, 0.6) is 5.75 Å². The van der Waals surface area contributed by atoms with Crippen molar-refractivity contribution in [1.82, 2.24) is 19.8 Å². The zero-order valence-corrected chi connectivity index (χ0v) is 21.1. The number of aliphatic hydroxyl groups excluding tert-OH is 1. The zero-order valence-electron chi connectivity index (χ0n) is 21.1. The molecule has 1 saturated heterocycles. The van der Waals surface area contributed by atoms with Crippen LogP contribution >= 0.6 is 0 Å². The van der Waals surface area contributed by atoms with Gasteiger partial charge in [0.1, 0.15) is 18.2 Å². The second kappa shape index (κ2) is 9.90. The first kappa shape index (κ1) is 23.6. The molecule has 2 N–H and O–H groups in total. The first-order valence-corrected chi connectivity index (χ1v) is 13.0. The number of imidazole rings is 1. The van der Waals surface area contributed by atoms with Gasteiger partial charge in [0.25, 0.3) is 0 Å². The number of urea groups is 1. The monoisotopic (exact) mass is 496 g/mol. The maximum absolute atomic E-state index is 13.9. The minimum atomic E-state index is -0.0424. The number of H-pyrrole nitrogens is 1. The molecular weight excluding hydrogens is 464 g/mol. The van der Waals surface area contributed by atoms with Crippen molar-refractivity contribution in [2.45, 2.75) is 32.4 Å². The summed E-state index contributed by atoms with van der Waals surface area (Å²) in [7, 11) is 0. The molecule has 190 valence electrons. The van der Waals surface area contributed by atoms with Crippen LogP contribution in [-0.4, -0.2) is 57.2 Å². The Hall–Kier alpha value is -3.84. The average Bonchev–Trinajstić information content (AvgIpc) is 3.18. The van der Waals surface area contributed by atoms with Crippen LogP contribution < -0.4 is 4.74 Å². The fourth-order valence-corrected chi connectivity index (χ4v) is 5.66. The first-order valence-electron chi connectivity index (χ1n) is 13.0. The van der Waals surface area contributed by atoms with Gasteiger partial charge in [0.05, 0.1) is 30.2 Å². The second-order valence-electron chi connectivity index (χ2n) is 10.1. The third kappa shape index (κ3) is 4.67. The quantitative estimate of drug-likeness (QED) is 0.403. The highest BCUT2D eigenvalue weighted by molar-refractivity contribution is 5.82. The molecule has 0 aliphatic carbocycles. The van der Waals surface area contributed by atoms with Crippen molar-refractivity contribution in [2.24, 2.45) is 5.92 Å². The number of piperidine rings is 1. The number of hydrogen-bond donors (Lipinski definition) is 2. The van der Waals surface area contributed by atoms with E-state index in [1.165, 1.54) is 0 Å². The number of likely N-dealkylation sites (tertiary alicyclic amines) is 1. The van der Waals surface area contributed by atoms with Crippen molar-refractivity contribution in [1.29, 1.82) is 0 Å². The van der Waals surface area contributed by atoms with Crippen molar-refractivity contribution >= 4 is 17.1 Å². The molecule has 3 aromatic carbocycles. The largest absolute Gasteiger partial charge is 0.491 e. The Balaban J connectivity index is 1.27. The lowest BCUT2D eigenvalue weighted by Gasteiger charge is -2.41. The predicted molar refractivity (Wildman–Crippen MR) is 143 cm³/mol. The molecule has 1 aromatic heterocycles.